The summed E-state index contributed by atoms with van der Waals surface area (Å²) in [6.45, 7) is 3.65. The van der Waals surface area contributed by atoms with Crippen molar-refractivity contribution in [3.05, 3.63) is 41.5 Å². The number of sulfonamides is 1. The van der Waals surface area contributed by atoms with Crippen LogP contribution in [0.4, 0.5) is 0 Å². The molecule has 1 aromatic heterocycles. The molecule has 2 heterocycles. The molecule has 0 bridgehead atoms. The summed E-state index contributed by atoms with van der Waals surface area (Å²) in [5, 5.41) is 4.08. The van der Waals surface area contributed by atoms with Crippen molar-refractivity contribution in [1.29, 1.82) is 0 Å². The molecule has 2 aromatic rings. The third-order valence-corrected chi connectivity index (χ3v) is 8.27. The first-order valence-corrected chi connectivity index (χ1v) is 12.5. The van der Waals surface area contributed by atoms with Crippen molar-refractivity contribution in [1.82, 2.24) is 14.4 Å². The van der Waals surface area contributed by atoms with Gasteiger partial charge in [-0.1, -0.05) is 42.6 Å². The Hall–Kier alpha value is -1.77. The predicted molar refractivity (Wildman–Crippen MR) is 112 cm³/mol. The smallest absolute Gasteiger partial charge is 0.245 e. The zero-order chi connectivity index (χ0) is 21.0. The third kappa shape index (κ3) is 4.76. The molecule has 2 fully saturated rings. The molecule has 1 unspecified atom stereocenters. The molecule has 30 heavy (non-hydrogen) atoms. The monoisotopic (exact) mass is 433 g/mol. The van der Waals surface area contributed by atoms with Gasteiger partial charge in [-0.15, -0.1) is 0 Å². The molecule has 0 amide bonds. The summed E-state index contributed by atoms with van der Waals surface area (Å²) >= 11 is 0. The lowest BCUT2D eigenvalue weighted by Crippen LogP contribution is -2.38. The van der Waals surface area contributed by atoms with Gasteiger partial charge >= 0.3 is 0 Å². The van der Waals surface area contributed by atoms with Gasteiger partial charge in [-0.3, -0.25) is 0 Å². The van der Waals surface area contributed by atoms with E-state index in [-0.39, 0.29) is 0 Å². The molecule has 1 saturated heterocycles. The maximum absolute atomic E-state index is 13.4. The Bertz CT molecular complexity index is 937. The van der Waals surface area contributed by atoms with E-state index in [4.69, 9.17) is 9.26 Å². The van der Waals surface area contributed by atoms with Gasteiger partial charge in [0.2, 0.25) is 15.9 Å². The van der Waals surface area contributed by atoms with Crippen LogP contribution in [-0.2, 0) is 21.2 Å². The van der Waals surface area contributed by atoms with E-state index in [2.05, 4.69) is 10.1 Å². The SMILES string of the molecule is Cc1ccccc1S(=O)(=O)N1CCCCC1c1nc(CCOCC2CCCC2)no1. The Balaban J connectivity index is 1.42. The average molecular weight is 434 g/mol. The topological polar surface area (TPSA) is 85.5 Å². The minimum atomic E-state index is -3.63. The molecule has 0 N–H and O–H groups in total. The molecule has 0 radical (unpaired) electrons. The highest BCUT2D eigenvalue weighted by atomic mass is 32.2. The van der Waals surface area contributed by atoms with E-state index in [0.29, 0.717) is 48.5 Å². The van der Waals surface area contributed by atoms with Gasteiger partial charge in [0.15, 0.2) is 5.82 Å². The number of rotatable bonds is 8. The van der Waals surface area contributed by atoms with Crippen molar-refractivity contribution in [2.45, 2.75) is 69.2 Å². The van der Waals surface area contributed by atoms with E-state index < -0.39 is 16.1 Å². The van der Waals surface area contributed by atoms with E-state index in [1.54, 1.807) is 12.1 Å². The van der Waals surface area contributed by atoms with Crippen molar-refractivity contribution in [3.63, 3.8) is 0 Å². The second kappa shape index (κ2) is 9.58. The van der Waals surface area contributed by atoms with Crippen LogP contribution >= 0.6 is 0 Å². The van der Waals surface area contributed by atoms with Crippen molar-refractivity contribution >= 4 is 10.0 Å². The average Bonchev–Trinajstić information content (AvgIpc) is 3.44. The van der Waals surface area contributed by atoms with E-state index in [0.717, 1.165) is 25.0 Å². The Morgan fingerprint density at radius 3 is 2.70 bits per heavy atom. The molecule has 1 atom stereocenters. The number of ether oxygens (including phenoxy) is 1. The van der Waals surface area contributed by atoms with Gasteiger partial charge in [0.1, 0.15) is 6.04 Å². The minimum Gasteiger partial charge on any atom is -0.381 e. The fraction of sp³-hybridized carbons (Fsp3) is 0.636. The van der Waals surface area contributed by atoms with Crippen molar-refractivity contribution in [2.24, 2.45) is 5.92 Å². The van der Waals surface area contributed by atoms with Crippen LogP contribution < -0.4 is 0 Å². The molecule has 1 aliphatic heterocycles. The molecule has 1 aliphatic carbocycles. The fourth-order valence-corrected chi connectivity index (χ4v) is 6.38. The highest BCUT2D eigenvalue weighted by molar-refractivity contribution is 7.89. The first-order chi connectivity index (χ1) is 14.6. The molecular formula is C22H31N3O4S. The number of hydrogen-bond donors (Lipinski definition) is 0. The van der Waals surface area contributed by atoms with Gasteiger partial charge in [-0.05, 0) is 50.2 Å². The number of aryl methyl sites for hydroxylation is 1. The summed E-state index contributed by atoms with van der Waals surface area (Å²) in [6.07, 6.45) is 8.18. The molecule has 8 heteroatoms. The Kier molecular flexibility index (Phi) is 6.85. The van der Waals surface area contributed by atoms with Crippen LogP contribution in [0, 0.1) is 12.8 Å². The first kappa shape index (κ1) is 21.5. The summed E-state index contributed by atoms with van der Waals surface area (Å²) in [7, 11) is -3.63. The van der Waals surface area contributed by atoms with Crippen LogP contribution in [0.5, 0.6) is 0 Å². The Morgan fingerprint density at radius 2 is 1.90 bits per heavy atom. The van der Waals surface area contributed by atoms with Crippen molar-refractivity contribution in [3.8, 4) is 0 Å². The highest BCUT2D eigenvalue weighted by Gasteiger charge is 2.38. The zero-order valence-corrected chi connectivity index (χ0v) is 18.4. The van der Waals surface area contributed by atoms with Gasteiger partial charge in [-0.2, -0.15) is 9.29 Å². The lowest BCUT2D eigenvalue weighted by Gasteiger charge is -2.32. The van der Waals surface area contributed by atoms with Gasteiger partial charge in [0.05, 0.1) is 11.5 Å². The van der Waals surface area contributed by atoms with Crippen molar-refractivity contribution in [2.75, 3.05) is 19.8 Å². The summed E-state index contributed by atoms with van der Waals surface area (Å²) in [4.78, 5) is 4.86. The lowest BCUT2D eigenvalue weighted by atomic mass is 10.1. The van der Waals surface area contributed by atoms with E-state index in [9.17, 15) is 8.42 Å². The number of piperidine rings is 1. The summed E-state index contributed by atoms with van der Waals surface area (Å²) in [5.74, 6) is 1.65. The molecule has 7 nitrogen and oxygen atoms in total. The number of benzene rings is 1. The molecular weight excluding hydrogens is 402 g/mol. The number of nitrogens with zero attached hydrogens (tertiary/aromatic N) is 3. The summed E-state index contributed by atoms with van der Waals surface area (Å²) < 4.78 is 39.5. The van der Waals surface area contributed by atoms with Crippen LogP contribution in [0.3, 0.4) is 0 Å². The van der Waals surface area contributed by atoms with Gasteiger partial charge in [-0.25, -0.2) is 8.42 Å². The van der Waals surface area contributed by atoms with E-state index >= 15 is 0 Å². The van der Waals surface area contributed by atoms with Crippen LogP contribution in [0.1, 0.15) is 68.3 Å². The third-order valence-electron chi connectivity index (χ3n) is 6.20. The molecule has 164 valence electrons. The normalized spacial score (nSPS) is 21.3. The van der Waals surface area contributed by atoms with Crippen LogP contribution in [0.2, 0.25) is 0 Å². The maximum atomic E-state index is 13.4. The standard InChI is InChI=1S/C22H31N3O4S/c1-17-8-2-5-12-20(17)30(26,27)25-14-7-6-11-19(25)22-23-21(24-29-22)13-15-28-16-18-9-3-4-10-18/h2,5,8,12,18-19H,3-4,6-7,9-11,13-16H2,1H3. The first-order valence-electron chi connectivity index (χ1n) is 11.0. The Labute approximate surface area is 178 Å². The lowest BCUT2D eigenvalue weighted by molar-refractivity contribution is 0.102. The molecule has 1 aromatic carbocycles. The van der Waals surface area contributed by atoms with E-state index in [1.807, 2.05) is 19.1 Å². The zero-order valence-electron chi connectivity index (χ0n) is 17.6. The van der Waals surface area contributed by atoms with Crippen LogP contribution in [0.25, 0.3) is 0 Å². The minimum absolute atomic E-state index is 0.344. The number of hydrogen-bond acceptors (Lipinski definition) is 6. The fourth-order valence-electron chi connectivity index (χ4n) is 4.51. The Morgan fingerprint density at radius 1 is 1.13 bits per heavy atom. The predicted octanol–water partition coefficient (Wildman–Crippen LogP) is 4.04. The highest BCUT2D eigenvalue weighted by Crippen LogP contribution is 2.35. The quantitative estimate of drug-likeness (QED) is 0.584. The van der Waals surface area contributed by atoms with Crippen LogP contribution in [0.15, 0.2) is 33.7 Å². The summed E-state index contributed by atoms with van der Waals surface area (Å²) in [5.41, 5.74) is 0.743. The second-order valence-electron chi connectivity index (χ2n) is 8.42. The molecule has 1 saturated carbocycles. The molecule has 4 rings (SSSR count). The molecule has 0 spiro atoms. The second-order valence-corrected chi connectivity index (χ2v) is 10.3. The summed E-state index contributed by atoms with van der Waals surface area (Å²) in [6, 6.07) is 6.68. The van der Waals surface area contributed by atoms with Gasteiger partial charge < -0.3 is 9.26 Å². The van der Waals surface area contributed by atoms with Crippen molar-refractivity contribution < 1.29 is 17.7 Å². The maximum Gasteiger partial charge on any atom is 0.245 e. The number of aromatic nitrogens is 2. The van der Waals surface area contributed by atoms with Gasteiger partial charge in [0.25, 0.3) is 0 Å². The largest absolute Gasteiger partial charge is 0.381 e. The van der Waals surface area contributed by atoms with Crippen LogP contribution in [-0.4, -0.2) is 42.6 Å². The van der Waals surface area contributed by atoms with E-state index in [1.165, 1.54) is 30.0 Å². The van der Waals surface area contributed by atoms with Gasteiger partial charge in [0, 0.05) is 19.6 Å². The molecule has 2 aliphatic rings.